The quantitative estimate of drug-likeness (QED) is 0.280. The van der Waals surface area contributed by atoms with E-state index in [0.717, 1.165) is 6.07 Å². The second-order valence-corrected chi connectivity index (χ2v) is 7.20. The van der Waals surface area contributed by atoms with Crippen LogP contribution in [0.2, 0.25) is 0 Å². The molecular weight excluding hydrogens is 468 g/mol. The smallest absolute Gasteiger partial charge is 0.228 e. The zero-order valence-electron chi connectivity index (χ0n) is 16.8. The molecule has 0 spiro atoms. The van der Waals surface area contributed by atoms with E-state index in [1.807, 2.05) is 0 Å². The first-order valence-electron chi connectivity index (χ1n) is 9.62. The van der Waals surface area contributed by atoms with Crippen molar-refractivity contribution >= 4 is 0 Å². The fraction of sp³-hybridized carbons (Fsp3) is 0.0833. The van der Waals surface area contributed by atoms with E-state index in [4.69, 9.17) is 0 Å². The van der Waals surface area contributed by atoms with Crippen LogP contribution >= 0.6 is 0 Å². The Balaban J connectivity index is 2.06. The van der Waals surface area contributed by atoms with Gasteiger partial charge in [0.2, 0.25) is 0 Å². The molecule has 1 heterocycles. The number of nitrogens with zero attached hydrogens (tertiary/aromatic N) is 2. The summed E-state index contributed by atoms with van der Waals surface area (Å²) in [5.74, 6) is -2.24. The van der Waals surface area contributed by atoms with E-state index in [0.29, 0.717) is 36.4 Å². The molecule has 1 aromatic heterocycles. The highest BCUT2D eigenvalue weighted by Crippen LogP contribution is 2.41. The molecule has 0 bridgehead atoms. The maximum absolute atomic E-state index is 13.9. The molecule has 0 aliphatic rings. The number of hydrogen-bond acceptors (Lipinski definition) is 2. The van der Waals surface area contributed by atoms with Gasteiger partial charge in [-0.15, -0.1) is 0 Å². The summed E-state index contributed by atoms with van der Waals surface area (Å²) in [7, 11) is 0. The molecule has 4 rings (SSSR count). The fourth-order valence-corrected chi connectivity index (χ4v) is 3.39. The number of halogens is 8. The van der Waals surface area contributed by atoms with E-state index in [1.54, 1.807) is 18.2 Å². The van der Waals surface area contributed by atoms with Gasteiger partial charge in [0.1, 0.15) is 11.6 Å². The van der Waals surface area contributed by atoms with E-state index in [9.17, 15) is 35.1 Å². The van der Waals surface area contributed by atoms with Gasteiger partial charge in [0, 0.05) is 16.7 Å². The highest BCUT2D eigenvalue weighted by molar-refractivity contribution is 5.75. The molecule has 2 nitrogen and oxygen atoms in total. The summed E-state index contributed by atoms with van der Waals surface area (Å²) < 4.78 is 110. The van der Waals surface area contributed by atoms with Crippen LogP contribution in [-0.4, -0.2) is 9.97 Å². The molecule has 0 aliphatic heterocycles. The maximum Gasteiger partial charge on any atom is 0.417 e. The maximum atomic E-state index is 13.9. The van der Waals surface area contributed by atoms with Crippen molar-refractivity contribution in [2.24, 2.45) is 0 Å². The lowest BCUT2D eigenvalue weighted by Gasteiger charge is -2.16. The van der Waals surface area contributed by atoms with Crippen LogP contribution < -0.4 is 0 Å². The van der Waals surface area contributed by atoms with Crippen LogP contribution in [0.25, 0.3) is 33.9 Å². The molecule has 0 unspecified atom stereocenters. The first kappa shape index (κ1) is 23.3. The van der Waals surface area contributed by atoms with Gasteiger partial charge >= 0.3 is 12.4 Å². The minimum Gasteiger partial charge on any atom is -0.228 e. The van der Waals surface area contributed by atoms with Crippen LogP contribution in [0.1, 0.15) is 11.1 Å². The summed E-state index contributed by atoms with van der Waals surface area (Å²) >= 11 is 0. The summed E-state index contributed by atoms with van der Waals surface area (Å²) in [6.07, 6.45) is -9.81. The summed E-state index contributed by atoms with van der Waals surface area (Å²) in [5.41, 5.74) is -4.56. The molecule has 3 aromatic carbocycles. The Morgan fingerprint density at radius 2 is 0.971 bits per heavy atom. The van der Waals surface area contributed by atoms with Gasteiger partial charge in [0.15, 0.2) is 5.82 Å². The molecule has 0 radical (unpaired) electrons. The van der Waals surface area contributed by atoms with E-state index in [1.165, 1.54) is 12.1 Å². The van der Waals surface area contributed by atoms with Crippen molar-refractivity contribution in [2.45, 2.75) is 12.4 Å². The van der Waals surface area contributed by atoms with Gasteiger partial charge in [0.05, 0.1) is 22.5 Å². The minimum absolute atomic E-state index is 0.220. The van der Waals surface area contributed by atoms with Gasteiger partial charge in [-0.05, 0) is 42.5 Å². The van der Waals surface area contributed by atoms with Gasteiger partial charge < -0.3 is 0 Å². The highest BCUT2D eigenvalue weighted by atomic mass is 19.4. The molecule has 174 valence electrons. The number of rotatable bonds is 3. The van der Waals surface area contributed by atoms with Crippen LogP contribution in [0.5, 0.6) is 0 Å². The summed E-state index contributed by atoms with van der Waals surface area (Å²) in [5, 5.41) is 0. The number of hydrogen-bond donors (Lipinski definition) is 0. The van der Waals surface area contributed by atoms with E-state index >= 15 is 0 Å². The Morgan fingerprint density at radius 3 is 1.38 bits per heavy atom. The van der Waals surface area contributed by atoms with Crippen LogP contribution in [0, 0.1) is 11.6 Å². The van der Waals surface area contributed by atoms with Crippen molar-refractivity contribution in [2.75, 3.05) is 0 Å². The molecule has 0 N–H and O–H groups in total. The number of benzene rings is 3. The van der Waals surface area contributed by atoms with Crippen molar-refractivity contribution in [3.05, 3.63) is 95.6 Å². The lowest BCUT2D eigenvalue weighted by atomic mass is 9.99. The normalized spacial score (nSPS) is 12.1. The van der Waals surface area contributed by atoms with Gasteiger partial charge in [-0.3, -0.25) is 0 Å². The SMILES string of the molecule is Fc1ccc(C(F)(F)F)c(-c2cc(-c3cc(F)ccc3C(F)(F)F)nc(-c3ccccc3)n2)c1. The zero-order chi connectivity index (χ0) is 24.7. The summed E-state index contributed by atoms with van der Waals surface area (Å²) in [4.78, 5) is 8.15. The van der Waals surface area contributed by atoms with Crippen LogP contribution in [0.4, 0.5) is 35.1 Å². The lowest BCUT2D eigenvalue weighted by molar-refractivity contribution is -0.137. The van der Waals surface area contributed by atoms with Crippen molar-refractivity contribution in [1.29, 1.82) is 0 Å². The molecule has 4 aromatic rings. The van der Waals surface area contributed by atoms with Crippen LogP contribution in [0.15, 0.2) is 72.8 Å². The lowest BCUT2D eigenvalue weighted by Crippen LogP contribution is -2.10. The Bertz CT molecular complexity index is 1260. The highest BCUT2D eigenvalue weighted by Gasteiger charge is 2.36. The third-order valence-corrected chi connectivity index (χ3v) is 4.88. The van der Waals surface area contributed by atoms with Gasteiger partial charge in [-0.2, -0.15) is 26.3 Å². The van der Waals surface area contributed by atoms with Crippen molar-refractivity contribution < 1.29 is 35.1 Å². The van der Waals surface area contributed by atoms with Crippen LogP contribution in [-0.2, 0) is 12.4 Å². The standard InChI is InChI=1S/C24H12F8N2/c25-14-6-8-18(23(27,28)29)16(10-14)20-12-21(34-22(33-20)13-4-2-1-3-5-13)17-11-15(26)7-9-19(17)24(30,31)32/h1-12H. The molecule has 0 atom stereocenters. The Kier molecular flexibility index (Phi) is 5.84. The Hall–Kier alpha value is -3.82. The third kappa shape index (κ3) is 4.75. The van der Waals surface area contributed by atoms with Gasteiger partial charge in [-0.25, -0.2) is 18.7 Å². The van der Waals surface area contributed by atoms with Gasteiger partial charge in [-0.1, -0.05) is 30.3 Å². The van der Waals surface area contributed by atoms with E-state index in [2.05, 4.69) is 9.97 Å². The van der Waals surface area contributed by atoms with Crippen molar-refractivity contribution in [1.82, 2.24) is 9.97 Å². The molecule has 34 heavy (non-hydrogen) atoms. The Labute approximate surface area is 187 Å². The second-order valence-electron chi connectivity index (χ2n) is 7.20. The summed E-state index contributed by atoms with van der Waals surface area (Å²) in [6, 6.07) is 12.0. The molecule has 10 heteroatoms. The largest absolute Gasteiger partial charge is 0.417 e. The number of alkyl halides is 6. The van der Waals surface area contributed by atoms with E-state index in [-0.39, 0.29) is 11.4 Å². The molecular formula is C24H12F8N2. The topological polar surface area (TPSA) is 25.8 Å². The second kappa shape index (κ2) is 8.51. The molecule has 0 aliphatic carbocycles. The number of aromatic nitrogens is 2. The van der Waals surface area contributed by atoms with Crippen molar-refractivity contribution in [3.63, 3.8) is 0 Å². The monoisotopic (exact) mass is 480 g/mol. The third-order valence-electron chi connectivity index (χ3n) is 4.88. The van der Waals surface area contributed by atoms with Gasteiger partial charge in [0.25, 0.3) is 0 Å². The average molecular weight is 480 g/mol. The summed E-state index contributed by atoms with van der Waals surface area (Å²) in [6.45, 7) is 0. The molecule has 0 fully saturated rings. The first-order chi connectivity index (χ1) is 15.9. The molecule has 0 saturated heterocycles. The van der Waals surface area contributed by atoms with Crippen LogP contribution in [0.3, 0.4) is 0 Å². The average Bonchev–Trinajstić information content (AvgIpc) is 2.77. The zero-order valence-corrected chi connectivity index (χ0v) is 16.8. The minimum atomic E-state index is -4.91. The molecule has 0 amide bonds. The predicted molar refractivity (Wildman–Crippen MR) is 108 cm³/mol. The fourth-order valence-electron chi connectivity index (χ4n) is 3.39. The predicted octanol–water partition coefficient (Wildman–Crippen LogP) is 7.79. The first-order valence-corrected chi connectivity index (χ1v) is 9.62. The molecule has 0 saturated carbocycles. The van der Waals surface area contributed by atoms with E-state index < -0.39 is 57.6 Å². The van der Waals surface area contributed by atoms with Crippen molar-refractivity contribution in [3.8, 4) is 33.9 Å². The Morgan fingerprint density at radius 1 is 0.529 bits per heavy atom.